The van der Waals surface area contributed by atoms with E-state index in [0.29, 0.717) is 0 Å². The molecule has 0 aliphatic rings. The summed E-state index contributed by atoms with van der Waals surface area (Å²) in [6.45, 7) is 8.84. The largest absolute Gasteiger partial charge is 0.350 e. The van der Waals surface area contributed by atoms with E-state index < -0.39 is 39.9 Å². The number of aryl methyl sites for hydroxylation is 2. The van der Waals surface area contributed by atoms with Gasteiger partial charge in [-0.05, 0) is 82.1 Å². The van der Waals surface area contributed by atoms with Crippen LogP contribution < -0.4 is 9.62 Å². The van der Waals surface area contributed by atoms with E-state index in [0.717, 1.165) is 38.7 Å². The van der Waals surface area contributed by atoms with Crippen LogP contribution >= 0.6 is 0 Å². The molecule has 4 aromatic carbocycles. The predicted molar refractivity (Wildman–Crippen MR) is 176 cm³/mol. The SMILES string of the molecule is Cc1ccc(CN(C(=O)CN(c2ccc(F)cc2)S(=O)(=O)c2ccc(C)cc2)C(Cc2ccccc2)C(=O)NC(C)(C)C)cc1. The van der Waals surface area contributed by atoms with Crippen LogP contribution in [0.4, 0.5) is 10.1 Å². The van der Waals surface area contributed by atoms with Crippen molar-refractivity contribution >= 4 is 27.5 Å². The number of benzene rings is 4. The summed E-state index contributed by atoms with van der Waals surface area (Å²) in [6, 6.07) is 27.3. The molecule has 0 aliphatic heterocycles. The summed E-state index contributed by atoms with van der Waals surface area (Å²) in [5.74, 6) is -1.48. The highest BCUT2D eigenvalue weighted by molar-refractivity contribution is 7.92. The first-order valence-electron chi connectivity index (χ1n) is 14.8. The number of halogens is 1. The van der Waals surface area contributed by atoms with Gasteiger partial charge in [0.2, 0.25) is 11.8 Å². The van der Waals surface area contributed by atoms with Crippen molar-refractivity contribution in [2.45, 2.75) is 64.1 Å². The van der Waals surface area contributed by atoms with Crippen LogP contribution in [0.2, 0.25) is 0 Å². The van der Waals surface area contributed by atoms with Gasteiger partial charge in [-0.25, -0.2) is 12.8 Å². The van der Waals surface area contributed by atoms with Gasteiger partial charge >= 0.3 is 0 Å². The number of rotatable bonds is 11. The zero-order chi connectivity index (χ0) is 32.8. The minimum absolute atomic E-state index is 0.0124. The topological polar surface area (TPSA) is 86.8 Å². The van der Waals surface area contributed by atoms with Crippen LogP contribution in [0.3, 0.4) is 0 Å². The molecule has 0 bridgehead atoms. The van der Waals surface area contributed by atoms with Gasteiger partial charge in [0.25, 0.3) is 10.0 Å². The molecule has 7 nitrogen and oxygen atoms in total. The lowest BCUT2D eigenvalue weighted by Crippen LogP contribution is -2.56. The molecule has 236 valence electrons. The third-order valence-electron chi connectivity index (χ3n) is 7.25. The summed E-state index contributed by atoms with van der Waals surface area (Å²) >= 11 is 0. The molecular formula is C36H40FN3O4S. The first-order chi connectivity index (χ1) is 21.2. The fraction of sp³-hybridized carbons (Fsp3) is 0.278. The molecule has 0 radical (unpaired) electrons. The average molecular weight is 630 g/mol. The standard InChI is InChI=1S/C36H40FN3O4S/c1-26-11-15-29(16-12-26)24-39(33(35(42)38-36(3,4)5)23-28-9-7-6-8-10-28)34(41)25-40(31-19-17-30(37)18-20-31)45(43,44)32-21-13-27(2)14-22-32/h6-22,33H,23-25H2,1-5H3,(H,38,42). The van der Waals surface area contributed by atoms with Crippen LogP contribution in [-0.2, 0) is 32.6 Å². The number of anilines is 1. The molecule has 1 N–H and O–H groups in total. The maximum atomic E-state index is 14.5. The van der Waals surface area contributed by atoms with Crippen molar-refractivity contribution in [2.24, 2.45) is 0 Å². The molecule has 9 heteroatoms. The molecule has 0 aromatic heterocycles. The summed E-state index contributed by atoms with van der Waals surface area (Å²) in [7, 11) is -4.26. The van der Waals surface area contributed by atoms with Crippen molar-refractivity contribution in [3.8, 4) is 0 Å². The van der Waals surface area contributed by atoms with Crippen molar-refractivity contribution in [3.05, 3.63) is 131 Å². The highest BCUT2D eigenvalue weighted by atomic mass is 32.2. The van der Waals surface area contributed by atoms with Crippen molar-refractivity contribution in [3.63, 3.8) is 0 Å². The van der Waals surface area contributed by atoms with Crippen LogP contribution in [0, 0.1) is 19.7 Å². The minimum Gasteiger partial charge on any atom is -0.350 e. The smallest absolute Gasteiger partial charge is 0.264 e. The molecule has 0 spiro atoms. The van der Waals surface area contributed by atoms with Crippen LogP contribution in [0.5, 0.6) is 0 Å². The Balaban J connectivity index is 1.81. The molecule has 1 unspecified atom stereocenters. The van der Waals surface area contributed by atoms with Crippen molar-refractivity contribution < 1.29 is 22.4 Å². The summed E-state index contributed by atoms with van der Waals surface area (Å²) < 4.78 is 43.0. The molecule has 0 saturated heterocycles. The van der Waals surface area contributed by atoms with Crippen molar-refractivity contribution in [1.29, 1.82) is 0 Å². The lowest BCUT2D eigenvalue weighted by atomic mass is 10.0. The van der Waals surface area contributed by atoms with Gasteiger partial charge < -0.3 is 10.2 Å². The van der Waals surface area contributed by atoms with Gasteiger partial charge in [-0.3, -0.25) is 13.9 Å². The second-order valence-corrected chi connectivity index (χ2v) is 14.1. The molecule has 0 saturated carbocycles. The molecule has 4 aromatic rings. The van der Waals surface area contributed by atoms with Crippen molar-refractivity contribution in [1.82, 2.24) is 10.2 Å². The van der Waals surface area contributed by atoms with Gasteiger partial charge in [-0.15, -0.1) is 0 Å². The number of hydrogen-bond acceptors (Lipinski definition) is 4. The molecule has 45 heavy (non-hydrogen) atoms. The van der Waals surface area contributed by atoms with E-state index in [2.05, 4.69) is 5.32 Å². The first kappa shape index (κ1) is 33.4. The Morgan fingerprint density at radius 1 is 0.778 bits per heavy atom. The van der Waals surface area contributed by atoms with E-state index in [4.69, 9.17) is 0 Å². The molecule has 1 atom stereocenters. The number of nitrogens with zero attached hydrogens (tertiary/aromatic N) is 2. The maximum Gasteiger partial charge on any atom is 0.264 e. The van der Waals surface area contributed by atoms with Crippen molar-refractivity contribution in [2.75, 3.05) is 10.8 Å². The summed E-state index contributed by atoms with van der Waals surface area (Å²) in [6.07, 6.45) is 0.210. The van der Waals surface area contributed by atoms with Crippen LogP contribution in [0.1, 0.15) is 43.0 Å². The third-order valence-corrected chi connectivity index (χ3v) is 9.03. The van der Waals surface area contributed by atoms with Crippen LogP contribution in [-0.4, -0.2) is 43.3 Å². The lowest BCUT2D eigenvalue weighted by Gasteiger charge is -2.35. The average Bonchev–Trinajstić information content (AvgIpc) is 2.99. The van der Waals surface area contributed by atoms with E-state index in [1.807, 2.05) is 89.2 Å². The Bertz CT molecular complexity index is 1700. The number of carbonyl (C=O) groups excluding carboxylic acids is 2. The minimum atomic E-state index is -4.26. The van der Waals surface area contributed by atoms with E-state index in [-0.39, 0.29) is 29.5 Å². The number of amides is 2. The highest BCUT2D eigenvalue weighted by Gasteiger charge is 2.35. The first-order valence-corrected chi connectivity index (χ1v) is 16.2. The molecular weight excluding hydrogens is 589 g/mol. The van der Waals surface area contributed by atoms with E-state index in [1.165, 1.54) is 29.2 Å². The quantitative estimate of drug-likeness (QED) is 0.214. The van der Waals surface area contributed by atoms with Gasteiger partial charge in [-0.2, -0.15) is 0 Å². The van der Waals surface area contributed by atoms with Gasteiger partial charge in [0, 0.05) is 18.5 Å². The number of hydrogen-bond donors (Lipinski definition) is 1. The molecule has 2 amide bonds. The van der Waals surface area contributed by atoms with Gasteiger partial charge in [0.1, 0.15) is 18.4 Å². The lowest BCUT2D eigenvalue weighted by molar-refractivity contribution is -0.140. The van der Waals surface area contributed by atoms with Gasteiger partial charge in [0.15, 0.2) is 0 Å². The van der Waals surface area contributed by atoms with Gasteiger partial charge in [-0.1, -0.05) is 77.9 Å². The zero-order valence-corrected chi connectivity index (χ0v) is 27.1. The number of nitrogens with one attached hydrogen (secondary N) is 1. The third kappa shape index (κ3) is 9.01. The fourth-order valence-electron chi connectivity index (χ4n) is 4.87. The molecule has 0 fully saturated rings. The van der Waals surface area contributed by atoms with Crippen LogP contribution in [0.25, 0.3) is 0 Å². The predicted octanol–water partition coefficient (Wildman–Crippen LogP) is 6.19. The maximum absolute atomic E-state index is 14.5. The molecule has 0 aliphatic carbocycles. The monoisotopic (exact) mass is 629 g/mol. The summed E-state index contributed by atoms with van der Waals surface area (Å²) in [4.78, 5) is 29.8. The Kier molecular flexibility index (Phi) is 10.4. The van der Waals surface area contributed by atoms with Gasteiger partial charge in [0.05, 0.1) is 10.6 Å². The summed E-state index contributed by atoms with van der Waals surface area (Å²) in [5.41, 5.74) is 3.07. The van der Waals surface area contributed by atoms with E-state index >= 15 is 0 Å². The Morgan fingerprint density at radius 2 is 1.33 bits per heavy atom. The van der Waals surface area contributed by atoms with Crippen LogP contribution in [0.15, 0.2) is 108 Å². The molecule has 4 rings (SSSR count). The summed E-state index contributed by atoms with van der Waals surface area (Å²) in [5, 5.41) is 3.02. The fourth-order valence-corrected chi connectivity index (χ4v) is 6.28. The normalized spacial score (nSPS) is 12.3. The Morgan fingerprint density at radius 3 is 1.89 bits per heavy atom. The second-order valence-electron chi connectivity index (χ2n) is 12.3. The molecule has 0 heterocycles. The highest BCUT2D eigenvalue weighted by Crippen LogP contribution is 2.26. The zero-order valence-electron chi connectivity index (χ0n) is 26.3. The Labute approximate surface area is 265 Å². The second kappa shape index (κ2) is 14.1. The Hall–Kier alpha value is -4.50. The number of sulfonamides is 1. The number of carbonyl (C=O) groups is 2. The van der Waals surface area contributed by atoms with E-state index in [1.54, 1.807) is 12.1 Å². The van der Waals surface area contributed by atoms with E-state index in [9.17, 15) is 22.4 Å².